The van der Waals surface area contributed by atoms with Crippen LogP contribution in [0.3, 0.4) is 0 Å². The molecule has 2 bridgehead atoms. The van der Waals surface area contributed by atoms with Gasteiger partial charge in [0.25, 0.3) is 0 Å². The molecule has 5 unspecified atom stereocenters. The Bertz CT molecular complexity index is 276. The van der Waals surface area contributed by atoms with Crippen LogP contribution in [-0.2, 0) is 4.79 Å². The zero-order valence-electron chi connectivity index (χ0n) is 9.19. The summed E-state index contributed by atoms with van der Waals surface area (Å²) in [6.45, 7) is 0. The van der Waals surface area contributed by atoms with Crippen molar-refractivity contribution in [3.8, 4) is 0 Å². The second-order valence-corrected chi connectivity index (χ2v) is 5.87. The van der Waals surface area contributed by atoms with E-state index in [2.05, 4.69) is 0 Å². The molecule has 2 heteroatoms. The molecule has 0 aliphatic heterocycles. The molecule has 0 aromatic carbocycles. The number of hydrogen-bond donors (Lipinski definition) is 1. The van der Waals surface area contributed by atoms with Crippen molar-refractivity contribution in [2.75, 3.05) is 0 Å². The molecule has 0 aromatic heterocycles. The maximum absolute atomic E-state index is 10.6. The Kier molecular flexibility index (Phi) is 2.17. The molecular weight excluding hydrogens is 188 g/mol. The Balaban J connectivity index is 1.77. The predicted molar refractivity (Wildman–Crippen MR) is 57.3 cm³/mol. The zero-order chi connectivity index (χ0) is 10.5. The number of hydrogen-bond acceptors (Lipinski definition) is 2. The van der Waals surface area contributed by atoms with Gasteiger partial charge in [0.2, 0.25) is 0 Å². The molecule has 0 heterocycles. The SMILES string of the molecule is O=CCCC1(O)CC2CC1C1CCCC21. The molecule has 84 valence electrons. The average molecular weight is 208 g/mol. The average Bonchev–Trinajstić information content (AvgIpc) is 2.84. The highest BCUT2D eigenvalue weighted by Gasteiger charge is 2.59. The largest absolute Gasteiger partial charge is 0.390 e. The third-order valence-electron chi connectivity index (χ3n) is 5.30. The Labute approximate surface area is 91.1 Å². The molecule has 0 radical (unpaired) electrons. The summed E-state index contributed by atoms with van der Waals surface area (Å²) >= 11 is 0. The summed E-state index contributed by atoms with van der Waals surface area (Å²) in [5.41, 5.74) is -0.475. The van der Waals surface area contributed by atoms with Gasteiger partial charge in [0.15, 0.2) is 0 Å². The van der Waals surface area contributed by atoms with Gasteiger partial charge in [-0.15, -0.1) is 0 Å². The van der Waals surface area contributed by atoms with E-state index in [9.17, 15) is 9.90 Å². The fourth-order valence-corrected chi connectivity index (χ4v) is 4.83. The fourth-order valence-electron chi connectivity index (χ4n) is 4.83. The highest BCUT2D eigenvalue weighted by atomic mass is 16.3. The molecule has 2 nitrogen and oxygen atoms in total. The van der Waals surface area contributed by atoms with Gasteiger partial charge in [0.1, 0.15) is 6.29 Å². The molecule has 15 heavy (non-hydrogen) atoms. The van der Waals surface area contributed by atoms with E-state index < -0.39 is 5.60 Å². The number of aliphatic hydroxyl groups is 1. The van der Waals surface area contributed by atoms with E-state index in [1.54, 1.807) is 0 Å². The van der Waals surface area contributed by atoms with E-state index in [1.165, 1.54) is 25.7 Å². The Morgan fingerprint density at radius 3 is 2.93 bits per heavy atom. The lowest BCUT2D eigenvalue weighted by Gasteiger charge is -2.38. The first-order chi connectivity index (χ1) is 7.24. The second kappa shape index (κ2) is 3.31. The van der Waals surface area contributed by atoms with Crippen LogP contribution in [0.15, 0.2) is 0 Å². The van der Waals surface area contributed by atoms with E-state index in [0.29, 0.717) is 18.8 Å². The summed E-state index contributed by atoms with van der Waals surface area (Å²) in [6.07, 6.45) is 8.52. The third-order valence-corrected chi connectivity index (χ3v) is 5.30. The monoisotopic (exact) mass is 208 g/mol. The van der Waals surface area contributed by atoms with Gasteiger partial charge >= 0.3 is 0 Å². The van der Waals surface area contributed by atoms with Gasteiger partial charge in [-0.05, 0) is 55.8 Å². The van der Waals surface area contributed by atoms with E-state index in [1.807, 2.05) is 0 Å². The molecule has 0 aromatic rings. The highest BCUT2D eigenvalue weighted by molar-refractivity contribution is 5.49. The van der Waals surface area contributed by atoms with E-state index >= 15 is 0 Å². The van der Waals surface area contributed by atoms with Crippen molar-refractivity contribution in [2.24, 2.45) is 23.7 Å². The molecule has 0 saturated heterocycles. The van der Waals surface area contributed by atoms with Crippen molar-refractivity contribution in [2.45, 2.75) is 50.5 Å². The van der Waals surface area contributed by atoms with Gasteiger partial charge < -0.3 is 9.90 Å². The lowest BCUT2D eigenvalue weighted by atomic mass is 9.71. The van der Waals surface area contributed by atoms with Gasteiger partial charge in [-0.25, -0.2) is 0 Å². The smallest absolute Gasteiger partial charge is 0.120 e. The Morgan fingerprint density at radius 2 is 2.13 bits per heavy atom. The van der Waals surface area contributed by atoms with Crippen LogP contribution in [0.25, 0.3) is 0 Å². The Hall–Kier alpha value is -0.370. The van der Waals surface area contributed by atoms with Gasteiger partial charge in [-0.1, -0.05) is 6.42 Å². The first-order valence-electron chi connectivity index (χ1n) is 6.40. The normalized spacial score (nSPS) is 52.1. The summed E-state index contributed by atoms with van der Waals surface area (Å²) in [4.78, 5) is 10.4. The van der Waals surface area contributed by atoms with Crippen molar-refractivity contribution in [3.05, 3.63) is 0 Å². The van der Waals surface area contributed by atoms with Crippen LogP contribution in [0.1, 0.15) is 44.9 Å². The number of aldehydes is 1. The minimum atomic E-state index is -0.475. The topological polar surface area (TPSA) is 37.3 Å². The highest BCUT2D eigenvalue weighted by Crippen LogP contribution is 2.63. The van der Waals surface area contributed by atoms with E-state index in [-0.39, 0.29) is 0 Å². The van der Waals surface area contributed by atoms with Crippen LogP contribution in [0.4, 0.5) is 0 Å². The van der Waals surface area contributed by atoms with Crippen LogP contribution in [0, 0.1) is 23.7 Å². The first kappa shape index (κ1) is 9.83. The van der Waals surface area contributed by atoms with Gasteiger partial charge in [0.05, 0.1) is 5.60 Å². The maximum Gasteiger partial charge on any atom is 0.120 e. The fraction of sp³-hybridized carbons (Fsp3) is 0.923. The minimum absolute atomic E-state index is 0.475. The quantitative estimate of drug-likeness (QED) is 0.722. The molecular formula is C13H20O2. The van der Waals surface area contributed by atoms with Crippen molar-refractivity contribution < 1.29 is 9.90 Å². The third kappa shape index (κ3) is 1.30. The lowest BCUT2D eigenvalue weighted by Crippen LogP contribution is -2.41. The predicted octanol–water partition coefficient (Wildman–Crippen LogP) is 2.15. The van der Waals surface area contributed by atoms with Crippen molar-refractivity contribution in [1.29, 1.82) is 0 Å². The van der Waals surface area contributed by atoms with Crippen molar-refractivity contribution in [1.82, 2.24) is 0 Å². The minimum Gasteiger partial charge on any atom is -0.390 e. The van der Waals surface area contributed by atoms with Crippen molar-refractivity contribution in [3.63, 3.8) is 0 Å². The summed E-state index contributed by atoms with van der Waals surface area (Å²) in [5.74, 6) is 3.01. The second-order valence-electron chi connectivity index (χ2n) is 5.87. The van der Waals surface area contributed by atoms with Gasteiger partial charge in [-0.3, -0.25) is 0 Å². The van der Waals surface area contributed by atoms with E-state index in [4.69, 9.17) is 0 Å². The molecule has 0 spiro atoms. The van der Waals surface area contributed by atoms with Crippen LogP contribution in [0.2, 0.25) is 0 Å². The summed E-state index contributed by atoms with van der Waals surface area (Å²) < 4.78 is 0. The molecule has 5 atom stereocenters. The Morgan fingerprint density at radius 1 is 1.33 bits per heavy atom. The molecule has 3 aliphatic rings. The van der Waals surface area contributed by atoms with Crippen LogP contribution < -0.4 is 0 Å². The number of carbonyl (C=O) groups is 1. The zero-order valence-corrected chi connectivity index (χ0v) is 9.19. The summed E-state index contributed by atoms with van der Waals surface area (Å²) in [6, 6.07) is 0. The van der Waals surface area contributed by atoms with Gasteiger partial charge in [0, 0.05) is 6.42 Å². The first-order valence-corrected chi connectivity index (χ1v) is 6.40. The summed E-state index contributed by atoms with van der Waals surface area (Å²) in [5, 5.41) is 10.6. The molecule has 3 fully saturated rings. The van der Waals surface area contributed by atoms with E-state index in [0.717, 1.165) is 30.5 Å². The standard InChI is InChI=1S/C13H20O2/c14-6-2-5-13(15)8-9-7-12(13)11-4-1-3-10(9)11/h6,9-12,15H,1-5,7-8H2. The molecule has 3 rings (SSSR count). The molecule has 3 saturated carbocycles. The number of rotatable bonds is 3. The van der Waals surface area contributed by atoms with Gasteiger partial charge in [-0.2, -0.15) is 0 Å². The number of carbonyl (C=O) groups excluding carboxylic acids is 1. The van der Waals surface area contributed by atoms with Crippen LogP contribution in [0.5, 0.6) is 0 Å². The molecule has 1 N–H and O–H groups in total. The maximum atomic E-state index is 10.6. The van der Waals surface area contributed by atoms with Crippen LogP contribution in [-0.4, -0.2) is 17.0 Å². The molecule has 0 amide bonds. The van der Waals surface area contributed by atoms with Crippen LogP contribution >= 0.6 is 0 Å². The summed E-state index contributed by atoms with van der Waals surface area (Å²) in [7, 11) is 0. The lowest BCUT2D eigenvalue weighted by molar-refractivity contribution is -0.110. The number of fused-ring (bicyclic) bond motifs is 5. The molecule has 3 aliphatic carbocycles. The van der Waals surface area contributed by atoms with Crippen molar-refractivity contribution >= 4 is 6.29 Å².